The third-order valence-corrected chi connectivity index (χ3v) is 1.18. The summed E-state index contributed by atoms with van der Waals surface area (Å²) in [5, 5.41) is 3.09. The van der Waals surface area contributed by atoms with E-state index in [-0.39, 0.29) is 0 Å². The average Bonchev–Trinajstić information content (AvgIpc) is 2.14. The van der Waals surface area contributed by atoms with E-state index in [0.29, 0.717) is 6.17 Å². The summed E-state index contributed by atoms with van der Waals surface area (Å²) >= 11 is 0. The maximum Gasteiger partial charge on any atom is 0.0714 e. The fourth-order valence-corrected chi connectivity index (χ4v) is 0.701. The standard InChI is InChI=1S/C4H11N3/c1-5-4-2-3-6-7-4/h4-7H,2-3H2,1H3. The summed E-state index contributed by atoms with van der Waals surface area (Å²) < 4.78 is 0. The minimum atomic E-state index is 0.486. The van der Waals surface area contributed by atoms with E-state index in [1.54, 1.807) is 0 Å². The summed E-state index contributed by atoms with van der Waals surface area (Å²) in [6.45, 7) is 1.07. The molecular weight excluding hydrogens is 90.1 g/mol. The number of hydrogen-bond donors (Lipinski definition) is 3. The van der Waals surface area contributed by atoms with Gasteiger partial charge in [0.15, 0.2) is 0 Å². The molecule has 0 aromatic rings. The van der Waals surface area contributed by atoms with Crippen molar-refractivity contribution in [3.05, 3.63) is 0 Å². The zero-order chi connectivity index (χ0) is 5.11. The van der Waals surface area contributed by atoms with Crippen LogP contribution in [0.1, 0.15) is 6.42 Å². The Morgan fingerprint density at radius 1 is 1.71 bits per heavy atom. The quantitative estimate of drug-likeness (QED) is 0.398. The third kappa shape index (κ3) is 1.12. The van der Waals surface area contributed by atoms with E-state index < -0.39 is 0 Å². The highest BCUT2D eigenvalue weighted by atomic mass is 15.4. The average molecular weight is 101 g/mol. The molecule has 1 heterocycles. The molecule has 1 atom stereocenters. The highest BCUT2D eigenvalue weighted by Crippen LogP contribution is 1.87. The van der Waals surface area contributed by atoms with Crippen molar-refractivity contribution in [3.63, 3.8) is 0 Å². The van der Waals surface area contributed by atoms with Crippen molar-refractivity contribution >= 4 is 0 Å². The molecule has 0 aromatic heterocycles. The SMILES string of the molecule is CNC1CCNN1. The first-order chi connectivity index (χ1) is 3.43. The van der Waals surface area contributed by atoms with E-state index >= 15 is 0 Å². The molecule has 1 saturated heterocycles. The van der Waals surface area contributed by atoms with E-state index in [2.05, 4.69) is 16.2 Å². The maximum absolute atomic E-state index is 3.09. The fourth-order valence-electron chi connectivity index (χ4n) is 0.701. The lowest BCUT2D eigenvalue weighted by atomic mass is 10.4. The van der Waals surface area contributed by atoms with Crippen LogP contribution >= 0.6 is 0 Å². The van der Waals surface area contributed by atoms with Gasteiger partial charge in [-0.25, -0.2) is 5.43 Å². The van der Waals surface area contributed by atoms with Crippen molar-refractivity contribution in [2.24, 2.45) is 0 Å². The number of nitrogens with one attached hydrogen (secondary N) is 3. The second kappa shape index (κ2) is 2.26. The maximum atomic E-state index is 3.09. The molecule has 3 N–H and O–H groups in total. The van der Waals surface area contributed by atoms with Crippen molar-refractivity contribution < 1.29 is 0 Å². The van der Waals surface area contributed by atoms with Crippen molar-refractivity contribution in [2.45, 2.75) is 12.6 Å². The van der Waals surface area contributed by atoms with Gasteiger partial charge in [0.1, 0.15) is 0 Å². The van der Waals surface area contributed by atoms with Crippen molar-refractivity contribution in [2.75, 3.05) is 13.6 Å². The Morgan fingerprint density at radius 2 is 2.57 bits per heavy atom. The minimum absolute atomic E-state index is 0.486. The van der Waals surface area contributed by atoms with Crippen molar-refractivity contribution in [3.8, 4) is 0 Å². The Balaban J connectivity index is 2.14. The van der Waals surface area contributed by atoms with Gasteiger partial charge in [-0.15, -0.1) is 0 Å². The highest BCUT2D eigenvalue weighted by molar-refractivity contribution is 4.65. The van der Waals surface area contributed by atoms with Crippen LogP contribution in [0.5, 0.6) is 0 Å². The van der Waals surface area contributed by atoms with Gasteiger partial charge in [-0.3, -0.25) is 5.43 Å². The van der Waals surface area contributed by atoms with Gasteiger partial charge in [0.2, 0.25) is 0 Å². The molecular formula is C4H11N3. The molecule has 1 rings (SSSR count). The van der Waals surface area contributed by atoms with Crippen molar-refractivity contribution in [1.82, 2.24) is 16.2 Å². The molecule has 1 aliphatic rings. The summed E-state index contributed by atoms with van der Waals surface area (Å²) in [5.41, 5.74) is 6.06. The number of hydrogen-bond acceptors (Lipinski definition) is 3. The van der Waals surface area contributed by atoms with E-state index in [1.165, 1.54) is 6.42 Å². The molecule has 1 fully saturated rings. The van der Waals surface area contributed by atoms with E-state index in [1.807, 2.05) is 7.05 Å². The Hall–Kier alpha value is -0.120. The highest BCUT2D eigenvalue weighted by Gasteiger charge is 2.08. The molecule has 0 aromatic carbocycles. The molecule has 0 aliphatic carbocycles. The van der Waals surface area contributed by atoms with Crippen LogP contribution in [0.15, 0.2) is 0 Å². The van der Waals surface area contributed by atoms with Crippen LogP contribution in [0.2, 0.25) is 0 Å². The van der Waals surface area contributed by atoms with Crippen molar-refractivity contribution in [1.29, 1.82) is 0 Å². The van der Waals surface area contributed by atoms with Crippen LogP contribution in [-0.4, -0.2) is 19.8 Å². The van der Waals surface area contributed by atoms with Crippen LogP contribution in [0.3, 0.4) is 0 Å². The van der Waals surface area contributed by atoms with Crippen LogP contribution in [0.25, 0.3) is 0 Å². The molecule has 0 radical (unpaired) electrons. The first-order valence-electron chi connectivity index (χ1n) is 2.59. The van der Waals surface area contributed by atoms with Gasteiger partial charge in [-0.05, 0) is 13.5 Å². The second-order valence-electron chi connectivity index (χ2n) is 1.70. The lowest BCUT2D eigenvalue weighted by Gasteiger charge is -2.04. The van der Waals surface area contributed by atoms with E-state index in [0.717, 1.165) is 6.54 Å². The van der Waals surface area contributed by atoms with Crippen LogP contribution in [0, 0.1) is 0 Å². The Bertz CT molecular complexity index is 48.9. The largest absolute Gasteiger partial charge is 0.304 e. The summed E-state index contributed by atoms with van der Waals surface area (Å²) in [4.78, 5) is 0. The molecule has 0 spiro atoms. The molecule has 1 aliphatic heterocycles. The van der Waals surface area contributed by atoms with E-state index in [4.69, 9.17) is 0 Å². The second-order valence-corrected chi connectivity index (χ2v) is 1.70. The summed E-state index contributed by atoms with van der Waals surface area (Å²) in [6.07, 6.45) is 1.66. The topological polar surface area (TPSA) is 36.1 Å². The lowest BCUT2D eigenvalue weighted by Crippen LogP contribution is -2.38. The van der Waals surface area contributed by atoms with Gasteiger partial charge in [-0.1, -0.05) is 0 Å². The van der Waals surface area contributed by atoms with Crippen LogP contribution in [0.4, 0.5) is 0 Å². The Morgan fingerprint density at radius 3 is 2.86 bits per heavy atom. The predicted molar refractivity (Wildman–Crippen MR) is 28.6 cm³/mol. The van der Waals surface area contributed by atoms with E-state index in [9.17, 15) is 0 Å². The molecule has 3 nitrogen and oxygen atoms in total. The zero-order valence-corrected chi connectivity index (χ0v) is 4.49. The molecule has 3 heteroatoms. The van der Waals surface area contributed by atoms with Gasteiger partial charge >= 0.3 is 0 Å². The van der Waals surface area contributed by atoms with Gasteiger partial charge in [-0.2, -0.15) is 0 Å². The van der Waals surface area contributed by atoms with Crippen LogP contribution < -0.4 is 16.2 Å². The Labute approximate surface area is 43.4 Å². The molecule has 0 bridgehead atoms. The normalized spacial score (nSPS) is 31.3. The Kier molecular flexibility index (Phi) is 1.62. The smallest absolute Gasteiger partial charge is 0.0714 e. The molecule has 0 amide bonds. The zero-order valence-electron chi connectivity index (χ0n) is 4.49. The molecule has 1 unspecified atom stereocenters. The predicted octanol–water partition coefficient (Wildman–Crippen LogP) is -0.970. The summed E-state index contributed by atoms with van der Waals surface area (Å²) in [6, 6.07) is 0. The van der Waals surface area contributed by atoms with Gasteiger partial charge < -0.3 is 5.32 Å². The van der Waals surface area contributed by atoms with Gasteiger partial charge in [0, 0.05) is 6.54 Å². The fraction of sp³-hybridized carbons (Fsp3) is 1.00. The molecule has 7 heavy (non-hydrogen) atoms. The first kappa shape index (κ1) is 5.03. The van der Waals surface area contributed by atoms with Gasteiger partial charge in [0.05, 0.1) is 6.17 Å². The molecule has 0 saturated carbocycles. The number of hydrazine groups is 1. The summed E-state index contributed by atoms with van der Waals surface area (Å²) in [7, 11) is 1.95. The summed E-state index contributed by atoms with van der Waals surface area (Å²) in [5.74, 6) is 0. The lowest BCUT2D eigenvalue weighted by molar-refractivity contribution is 0.496. The minimum Gasteiger partial charge on any atom is -0.304 e. The third-order valence-electron chi connectivity index (χ3n) is 1.18. The van der Waals surface area contributed by atoms with Gasteiger partial charge in [0.25, 0.3) is 0 Å². The monoisotopic (exact) mass is 101 g/mol. The first-order valence-corrected chi connectivity index (χ1v) is 2.59. The van der Waals surface area contributed by atoms with Crippen LogP contribution in [-0.2, 0) is 0 Å². The molecule has 42 valence electrons. The number of rotatable bonds is 1.